The molecular weight excluding hydrogens is 340 g/mol. The predicted molar refractivity (Wildman–Crippen MR) is 98.5 cm³/mol. The molecule has 0 bridgehead atoms. The number of hydrogen-bond acceptors (Lipinski definition) is 3. The van der Waals surface area contributed by atoms with Gasteiger partial charge in [-0.3, -0.25) is 0 Å². The van der Waals surface area contributed by atoms with E-state index in [9.17, 15) is 0 Å². The summed E-state index contributed by atoms with van der Waals surface area (Å²) < 4.78 is 6.08. The molecule has 0 saturated carbocycles. The van der Waals surface area contributed by atoms with Crippen LogP contribution in [-0.4, -0.2) is 13.7 Å². The molecule has 0 amide bonds. The van der Waals surface area contributed by atoms with Crippen LogP contribution < -0.4 is 5.32 Å². The van der Waals surface area contributed by atoms with Gasteiger partial charge in [-0.1, -0.05) is 48.5 Å². The van der Waals surface area contributed by atoms with Gasteiger partial charge in [-0.25, -0.2) is 0 Å². The molecule has 1 rings (SSSR count). The molecule has 118 valence electrons. The Hall–Kier alpha value is -1.99. The summed E-state index contributed by atoms with van der Waals surface area (Å²) in [6.45, 7) is 10.3. The van der Waals surface area contributed by atoms with Crippen LogP contribution in [0.4, 0.5) is 5.69 Å². The third-order valence-corrected chi connectivity index (χ3v) is 3.15. The number of hydrogen-bond donors (Lipinski definition) is 1. The Morgan fingerprint density at radius 3 is 2.68 bits per heavy atom. The van der Waals surface area contributed by atoms with E-state index in [0.717, 1.165) is 21.5 Å². The van der Waals surface area contributed by atoms with Crippen LogP contribution in [0, 0.1) is 11.3 Å². The fourth-order valence-electron chi connectivity index (χ4n) is 1.61. The van der Waals surface area contributed by atoms with Gasteiger partial charge in [0.2, 0.25) is 0 Å². The highest BCUT2D eigenvalue weighted by Crippen LogP contribution is 2.26. The molecule has 1 aromatic rings. The van der Waals surface area contributed by atoms with Crippen molar-refractivity contribution in [3.63, 3.8) is 0 Å². The van der Waals surface area contributed by atoms with Gasteiger partial charge < -0.3 is 10.1 Å². The summed E-state index contributed by atoms with van der Waals surface area (Å²) in [5.41, 5.74) is 2.12. The molecule has 3 nitrogen and oxygen atoms in total. The zero-order chi connectivity index (χ0) is 17.0. The lowest BCUT2D eigenvalue weighted by Gasteiger charge is -2.10. The fraction of sp³-hybridized carbons (Fsp3) is 0.278. The van der Waals surface area contributed by atoms with Crippen molar-refractivity contribution in [2.75, 3.05) is 19.0 Å². The van der Waals surface area contributed by atoms with E-state index in [4.69, 9.17) is 10.00 Å². The number of anilines is 1. The second kappa shape index (κ2) is 11.6. The third kappa shape index (κ3) is 6.64. The molecule has 0 saturated heterocycles. The Labute approximate surface area is 142 Å². The Bertz CT molecular complexity index is 583. The van der Waals surface area contributed by atoms with Gasteiger partial charge in [0.25, 0.3) is 0 Å². The minimum Gasteiger partial charge on any atom is -0.497 e. The van der Waals surface area contributed by atoms with Gasteiger partial charge in [0.1, 0.15) is 5.76 Å². The number of ether oxygens (including phenoxy) is 1. The number of allylic oxidation sites excluding steroid dienone is 3. The van der Waals surface area contributed by atoms with Crippen LogP contribution in [0.2, 0.25) is 0 Å². The Morgan fingerprint density at radius 2 is 2.14 bits per heavy atom. The largest absolute Gasteiger partial charge is 0.497 e. The SMILES string of the molecule is C=C(C#N)c1ccc(Br)cc1NC/C=C\C(=C/C)OC.CC. The maximum atomic E-state index is 8.96. The molecule has 4 heteroatoms. The lowest BCUT2D eigenvalue weighted by Crippen LogP contribution is -2.01. The second-order valence-electron chi connectivity index (χ2n) is 3.96. The first-order valence-electron chi connectivity index (χ1n) is 7.12. The zero-order valence-electron chi connectivity index (χ0n) is 13.6. The van der Waals surface area contributed by atoms with Crippen molar-refractivity contribution < 1.29 is 4.74 Å². The Balaban J connectivity index is 0.00000211. The van der Waals surface area contributed by atoms with E-state index in [-0.39, 0.29) is 0 Å². The van der Waals surface area contributed by atoms with Crippen LogP contribution in [0.5, 0.6) is 0 Å². The van der Waals surface area contributed by atoms with Gasteiger partial charge >= 0.3 is 0 Å². The monoisotopic (exact) mass is 362 g/mol. The topological polar surface area (TPSA) is 45.0 Å². The lowest BCUT2D eigenvalue weighted by molar-refractivity contribution is 0.306. The van der Waals surface area contributed by atoms with Crippen molar-refractivity contribution in [3.05, 3.63) is 58.8 Å². The maximum Gasteiger partial charge on any atom is 0.114 e. The summed E-state index contributed by atoms with van der Waals surface area (Å²) in [4.78, 5) is 0. The molecule has 0 atom stereocenters. The van der Waals surface area contributed by atoms with Crippen molar-refractivity contribution in [3.8, 4) is 6.07 Å². The highest BCUT2D eigenvalue weighted by molar-refractivity contribution is 9.10. The summed E-state index contributed by atoms with van der Waals surface area (Å²) in [6, 6.07) is 7.76. The molecule has 0 aliphatic heterocycles. The predicted octanol–water partition coefficient (Wildman–Crippen LogP) is 5.53. The summed E-state index contributed by atoms with van der Waals surface area (Å²) in [5, 5.41) is 12.2. The van der Waals surface area contributed by atoms with E-state index < -0.39 is 0 Å². The molecule has 0 aliphatic rings. The number of nitrogens with one attached hydrogen (secondary N) is 1. The highest BCUT2D eigenvalue weighted by atomic mass is 79.9. The Kier molecular flexibility index (Phi) is 10.6. The minimum atomic E-state index is 0.440. The van der Waals surface area contributed by atoms with E-state index >= 15 is 0 Å². The summed E-state index contributed by atoms with van der Waals surface area (Å²) in [7, 11) is 1.64. The molecule has 0 radical (unpaired) electrons. The van der Waals surface area contributed by atoms with Crippen LogP contribution in [0.15, 0.2) is 53.2 Å². The van der Waals surface area contributed by atoms with E-state index in [0.29, 0.717) is 12.1 Å². The van der Waals surface area contributed by atoms with Gasteiger partial charge in [0.05, 0.1) is 18.8 Å². The number of benzene rings is 1. The van der Waals surface area contributed by atoms with Gasteiger partial charge in [-0.15, -0.1) is 0 Å². The molecule has 0 fully saturated rings. The standard InChI is InChI=1S/C16H17BrN2O.C2H6/c1-4-14(20-3)6-5-9-19-16-10-13(17)7-8-15(16)12(2)11-18;1-2/h4-8,10,19H,2,9H2,1,3H3;1-2H3/b6-5-,14-4+;. The summed E-state index contributed by atoms with van der Waals surface area (Å²) >= 11 is 3.42. The van der Waals surface area contributed by atoms with Crippen molar-refractivity contribution in [2.45, 2.75) is 20.8 Å². The molecule has 1 aromatic carbocycles. The lowest BCUT2D eigenvalue weighted by atomic mass is 10.1. The minimum absolute atomic E-state index is 0.440. The van der Waals surface area contributed by atoms with Gasteiger partial charge in [0.15, 0.2) is 0 Å². The van der Waals surface area contributed by atoms with E-state index in [1.807, 2.05) is 57.2 Å². The quantitative estimate of drug-likeness (QED) is 0.411. The molecule has 0 spiro atoms. The number of rotatable bonds is 6. The summed E-state index contributed by atoms with van der Waals surface area (Å²) in [6.07, 6.45) is 5.74. The smallest absolute Gasteiger partial charge is 0.114 e. The van der Waals surface area contributed by atoms with E-state index in [1.54, 1.807) is 7.11 Å². The van der Waals surface area contributed by atoms with Crippen molar-refractivity contribution in [1.29, 1.82) is 5.26 Å². The average Bonchev–Trinajstić information content (AvgIpc) is 2.56. The maximum absolute atomic E-state index is 8.96. The molecule has 1 N–H and O–H groups in total. The second-order valence-corrected chi connectivity index (χ2v) is 4.87. The van der Waals surface area contributed by atoms with Gasteiger partial charge in [-0.05, 0) is 31.2 Å². The van der Waals surface area contributed by atoms with Crippen LogP contribution >= 0.6 is 15.9 Å². The molecule has 0 aromatic heterocycles. The van der Waals surface area contributed by atoms with Crippen molar-refractivity contribution in [1.82, 2.24) is 0 Å². The van der Waals surface area contributed by atoms with Gasteiger partial charge in [-0.2, -0.15) is 5.26 Å². The number of nitrogens with zero attached hydrogens (tertiary/aromatic N) is 1. The Morgan fingerprint density at radius 1 is 1.45 bits per heavy atom. The fourth-order valence-corrected chi connectivity index (χ4v) is 1.97. The van der Waals surface area contributed by atoms with Crippen LogP contribution in [0.3, 0.4) is 0 Å². The van der Waals surface area contributed by atoms with Crippen LogP contribution in [-0.2, 0) is 4.74 Å². The molecule has 0 unspecified atom stereocenters. The first-order valence-corrected chi connectivity index (χ1v) is 7.91. The highest BCUT2D eigenvalue weighted by Gasteiger charge is 2.05. The average molecular weight is 363 g/mol. The first-order chi connectivity index (χ1) is 10.6. The first kappa shape index (κ1) is 20.0. The molecule has 0 heterocycles. The summed E-state index contributed by atoms with van der Waals surface area (Å²) in [5.74, 6) is 0.808. The van der Waals surface area contributed by atoms with Crippen molar-refractivity contribution in [2.24, 2.45) is 0 Å². The number of nitriles is 1. The van der Waals surface area contributed by atoms with Crippen LogP contribution in [0.25, 0.3) is 5.57 Å². The van der Waals surface area contributed by atoms with Crippen molar-refractivity contribution >= 4 is 27.2 Å². The van der Waals surface area contributed by atoms with E-state index in [2.05, 4.69) is 33.9 Å². The number of methoxy groups -OCH3 is 1. The van der Waals surface area contributed by atoms with E-state index in [1.165, 1.54) is 0 Å². The van der Waals surface area contributed by atoms with Crippen LogP contribution in [0.1, 0.15) is 26.3 Å². The number of halogens is 1. The normalized spacial score (nSPS) is 10.5. The van der Waals surface area contributed by atoms with Gasteiger partial charge in [0, 0.05) is 22.3 Å². The molecule has 0 aliphatic carbocycles. The third-order valence-electron chi connectivity index (χ3n) is 2.65. The molecule has 22 heavy (non-hydrogen) atoms. The zero-order valence-corrected chi connectivity index (χ0v) is 15.2. The molecular formula is C18H23BrN2O.